The van der Waals surface area contributed by atoms with E-state index in [4.69, 9.17) is 10.2 Å². The molecule has 0 saturated heterocycles. The normalized spacial score (nSPS) is 10.9. The Balaban J connectivity index is 4.21. The summed E-state index contributed by atoms with van der Waals surface area (Å²) in [5.41, 5.74) is 0. The highest BCUT2D eigenvalue weighted by Crippen LogP contribution is 2.09. The Hall–Kier alpha value is -1.10. The van der Waals surface area contributed by atoms with Crippen LogP contribution in [0.5, 0.6) is 0 Å². The molecule has 0 aromatic rings. The van der Waals surface area contributed by atoms with Gasteiger partial charge in [-0.25, -0.2) is 0 Å². The first kappa shape index (κ1) is 13.9. The van der Waals surface area contributed by atoms with E-state index >= 15 is 0 Å². The van der Waals surface area contributed by atoms with Gasteiger partial charge in [-0.3, -0.25) is 14.5 Å². The van der Waals surface area contributed by atoms with E-state index in [2.05, 4.69) is 0 Å². The van der Waals surface area contributed by atoms with Gasteiger partial charge in [-0.1, -0.05) is 26.7 Å². The number of nitrogens with zero attached hydrogens (tertiary/aromatic N) is 1. The summed E-state index contributed by atoms with van der Waals surface area (Å²) in [6, 6.07) is 0. The van der Waals surface area contributed by atoms with E-state index in [1.54, 1.807) is 0 Å². The molecule has 0 radical (unpaired) electrons. The Morgan fingerprint density at radius 2 is 1.47 bits per heavy atom. The highest BCUT2D eigenvalue weighted by molar-refractivity contribution is 5.72. The van der Waals surface area contributed by atoms with Crippen LogP contribution in [0, 0.1) is 5.92 Å². The molecule has 0 aromatic heterocycles. The molecular formula is C10H19NO4. The second-order valence-corrected chi connectivity index (χ2v) is 3.64. The SMILES string of the molecule is CCC(CC)CN(CC(=O)O)CC(=O)O. The van der Waals surface area contributed by atoms with Gasteiger partial charge in [0.05, 0.1) is 13.1 Å². The molecule has 0 heterocycles. The van der Waals surface area contributed by atoms with E-state index in [0.29, 0.717) is 12.5 Å². The van der Waals surface area contributed by atoms with Crippen LogP contribution in [-0.4, -0.2) is 46.7 Å². The Morgan fingerprint density at radius 1 is 1.07 bits per heavy atom. The summed E-state index contributed by atoms with van der Waals surface area (Å²) in [6.07, 6.45) is 1.87. The van der Waals surface area contributed by atoms with Crippen LogP contribution in [0.25, 0.3) is 0 Å². The van der Waals surface area contributed by atoms with Crippen LogP contribution < -0.4 is 0 Å². The van der Waals surface area contributed by atoms with E-state index in [-0.39, 0.29) is 13.1 Å². The summed E-state index contributed by atoms with van der Waals surface area (Å²) in [6.45, 7) is 4.17. The third kappa shape index (κ3) is 6.90. The van der Waals surface area contributed by atoms with E-state index in [9.17, 15) is 9.59 Å². The van der Waals surface area contributed by atoms with Crippen molar-refractivity contribution in [2.24, 2.45) is 5.92 Å². The quantitative estimate of drug-likeness (QED) is 0.631. The number of carboxylic acids is 2. The predicted molar refractivity (Wildman–Crippen MR) is 55.8 cm³/mol. The Bertz CT molecular complexity index is 197. The van der Waals surface area contributed by atoms with E-state index in [1.807, 2.05) is 13.8 Å². The lowest BCUT2D eigenvalue weighted by Crippen LogP contribution is -2.37. The molecule has 0 unspecified atom stereocenters. The Morgan fingerprint density at radius 3 is 1.73 bits per heavy atom. The second kappa shape index (κ2) is 7.23. The largest absolute Gasteiger partial charge is 0.480 e. The van der Waals surface area contributed by atoms with Crippen molar-refractivity contribution in [1.29, 1.82) is 0 Å². The summed E-state index contributed by atoms with van der Waals surface area (Å²) in [7, 11) is 0. The topological polar surface area (TPSA) is 77.8 Å². The molecule has 15 heavy (non-hydrogen) atoms. The third-order valence-corrected chi connectivity index (χ3v) is 2.39. The predicted octanol–water partition coefficient (Wildman–Crippen LogP) is 0.894. The minimum atomic E-state index is -0.984. The van der Waals surface area contributed by atoms with Gasteiger partial charge in [-0.15, -0.1) is 0 Å². The molecule has 2 N–H and O–H groups in total. The molecule has 0 aliphatic heterocycles. The molecule has 0 aliphatic rings. The monoisotopic (exact) mass is 217 g/mol. The van der Waals surface area contributed by atoms with Crippen molar-refractivity contribution in [3.63, 3.8) is 0 Å². The van der Waals surface area contributed by atoms with Crippen LogP contribution in [0.4, 0.5) is 0 Å². The van der Waals surface area contributed by atoms with Gasteiger partial charge < -0.3 is 10.2 Å². The van der Waals surface area contributed by atoms with Gasteiger partial charge in [0.15, 0.2) is 0 Å². The molecule has 0 amide bonds. The second-order valence-electron chi connectivity index (χ2n) is 3.64. The van der Waals surface area contributed by atoms with Crippen molar-refractivity contribution >= 4 is 11.9 Å². The van der Waals surface area contributed by atoms with E-state index < -0.39 is 11.9 Å². The van der Waals surface area contributed by atoms with Gasteiger partial charge in [0.25, 0.3) is 0 Å². The molecule has 5 nitrogen and oxygen atoms in total. The van der Waals surface area contributed by atoms with Crippen molar-refractivity contribution in [3.05, 3.63) is 0 Å². The van der Waals surface area contributed by atoms with Crippen LogP contribution in [0.2, 0.25) is 0 Å². The smallest absolute Gasteiger partial charge is 0.317 e. The maximum absolute atomic E-state index is 10.5. The van der Waals surface area contributed by atoms with Crippen LogP contribution in [0.3, 0.4) is 0 Å². The average molecular weight is 217 g/mol. The molecular weight excluding hydrogens is 198 g/mol. The number of carbonyl (C=O) groups is 2. The summed E-state index contributed by atoms with van der Waals surface area (Å²) in [4.78, 5) is 22.5. The lowest BCUT2D eigenvalue weighted by Gasteiger charge is -2.23. The fourth-order valence-electron chi connectivity index (χ4n) is 1.48. The molecule has 0 spiro atoms. The zero-order chi connectivity index (χ0) is 11.8. The first-order valence-electron chi connectivity index (χ1n) is 5.15. The number of hydrogen-bond acceptors (Lipinski definition) is 3. The van der Waals surface area contributed by atoms with Crippen molar-refractivity contribution in [1.82, 2.24) is 4.90 Å². The molecule has 0 aliphatic carbocycles. The van der Waals surface area contributed by atoms with Crippen molar-refractivity contribution in [2.45, 2.75) is 26.7 Å². The third-order valence-electron chi connectivity index (χ3n) is 2.39. The number of hydrogen-bond donors (Lipinski definition) is 2. The Labute approximate surface area is 89.7 Å². The highest BCUT2D eigenvalue weighted by Gasteiger charge is 2.16. The van der Waals surface area contributed by atoms with Gasteiger partial charge >= 0.3 is 11.9 Å². The minimum absolute atomic E-state index is 0.206. The lowest BCUT2D eigenvalue weighted by atomic mass is 10.0. The lowest BCUT2D eigenvalue weighted by molar-refractivity contribution is -0.142. The van der Waals surface area contributed by atoms with Gasteiger partial charge in [0, 0.05) is 6.54 Å². The van der Waals surface area contributed by atoms with Crippen LogP contribution in [0.15, 0.2) is 0 Å². The van der Waals surface area contributed by atoms with Gasteiger partial charge in [-0.05, 0) is 5.92 Å². The van der Waals surface area contributed by atoms with Crippen molar-refractivity contribution in [3.8, 4) is 0 Å². The number of rotatable bonds is 8. The molecule has 0 aromatic carbocycles. The number of aliphatic carboxylic acids is 2. The first-order valence-corrected chi connectivity index (χ1v) is 5.15. The number of carboxylic acid groups (broad SMARTS) is 2. The van der Waals surface area contributed by atoms with E-state index in [1.165, 1.54) is 4.90 Å². The molecule has 0 rings (SSSR count). The van der Waals surface area contributed by atoms with Gasteiger partial charge in [-0.2, -0.15) is 0 Å². The molecule has 0 saturated carbocycles. The molecule has 5 heteroatoms. The average Bonchev–Trinajstić information content (AvgIpc) is 2.11. The van der Waals surface area contributed by atoms with Crippen LogP contribution in [0.1, 0.15) is 26.7 Å². The summed E-state index contributed by atoms with van der Waals surface area (Å²) in [5.74, 6) is -1.60. The van der Waals surface area contributed by atoms with Crippen molar-refractivity contribution < 1.29 is 19.8 Å². The molecule has 0 fully saturated rings. The summed E-state index contributed by atoms with van der Waals surface area (Å²) < 4.78 is 0. The van der Waals surface area contributed by atoms with Gasteiger partial charge in [0.1, 0.15) is 0 Å². The van der Waals surface area contributed by atoms with E-state index in [0.717, 1.165) is 12.8 Å². The summed E-state index contributed by atoms with van der Waals surface area (Å²) >= 11 is 0. The molecule has 88 valence electrons. The van der Waals surface area contributed by atoms with Crippen LogP contribution in [-0.2, 0) is 9.59 Å². The zero-order valence-corrected chi connectivity index (χ0v) is 9.27. The highest BCUT2D eigenvalue weighted by atomic mass is 16.4. The minimum Gasteiger partial charge on any atom is -0.480 e. The first-order chi connectivity index (χ1) is 6.99. The Kier molecular flexibility index (Phi) is 6.70. The molecule has 0 bridgehead atoms. The zero-order valence-electron chi connectivity index (χ0n) is 9.27. The fourth-order valence-corrected chi connectivity index (χ4v) is 1.48. The maximum Gasteiger partial charge on any atom is 0.317 e. The van der Waals surface area contributed by atoms with Crippen molar-refractivity contribution in [2.75, 3.05) is 19.6 Å². The maximum atomic E-state index is 10.5. The van der Waals surface area contributed by atoms with Crippen LogP contribution >= 0.6 is 0 Å². The standard InChI is InChI=1S/C10H19NO4/c1-3-8(4-2)5-11(6-9(12)13)7-10(14)15/h8H,3-7H2,1-2H3,(H,12,13)(H,14,15). The molecule has 0 atom stereocenters. The fraction of sp³-hybridized carbons (Fsp3) is 0.800. The summed E-state index contributed by atoms with van der Waals surface area (Å²) in [5, 5.41) is 17.2. The van der Waals surface area contributed by atoms with Gasteiger partial charge in [0.2, 0.25) is 0 Å².